The van der Waals surface area contributed by atoms with Gasteiger partial charge in [-0.15, -0.1) is 0 Å². The Morgan fingerprint density at radius 2 is 2.41 bits per heavy atom. The van der Waals surface area contributed by atoms with E-state index in [1.165, 1.54) is 12.0 Å². The van der Waals surface area contributed by atoms with Gasteiger partial charge in [-0.05, 0) is 12.1 Å². The Morgan fingerprint density at radius 3 is 3.06 bits per heavy atom. The third kappa shape index (κ3) is 2.46. The van der Waals surface area contributed by atoms with Gasteiger partial charge in [-0.1, -0.05) is 0 Å². The van der Waals surface area contributed by atoms with Crippen LogP contribution < -0.4 is 10.6 Å². The number of pyridine rings is 1. The van der Waals surface area contributed by atoms with Crippen molar-refractivity contribution in [3.05, 3.63) is 18.3 Å². The molecule has 4 nitrogen and oxygen atoms in total. The maximum Gasteiger partial charge on any atom is 0.267 e. The lowest BCUT2D eigenvalue weighted by molar-refractivity contribution is 0.0189. The molecular formula is C11H15F2N3O. The van der Waals surface area contributed by atoms with E-state index in [-0.39, 0.29) is 25.6 Å². The molecule has 1 aliphatic heterocycles. The van der Waals surface area contributed by atoms with Gasteiger partial charge in [-0.3, -0.25) is 0 Å². The van der Waals surface area contributed by atoms with Crippen LogP contribution in [0.1, 0.15) is 6.42 Å². The first-order valence-corrected chi connectivity index (χ1v) is 5.37. The number of nitrogen functional groups attached to an aromatic ring is 1. The first kappa shape index (κ1) is 12.0. The highest BCUT2D eigenvalue weighted by atomic mass is 19.3. The molecule has 1 aliphatic rings. The van der Waals surface area contributed by atoms with Gasteiger partial charge in [0.2, 0.25) is 0 Å². The zero-order chi connectivity index (χ0) is 12.5. The molecule has 1 atom stereocenters. The molecule has 0 radical (unpaired) electrons. The number of nitrogens with zero attached hydrogens (tertiary/aromatic N) is 2. The summed E-state index contributed by atoms with van der Waals surface area (Å²) in [5.74, 6) is -2.31. The molecule has 0 saturated carbocycles. The first-order valence-electron chi connectivity index (χ1n) is 5.37. The van der Waals surface area contributed by atoms with Gasteiger partial charge in [-0.2, -0.15) is 0 Å². The molecule has 0 spiro atoms. The van der Waals surface area contributed by atoms with Crippen LogP contribution in [0.15, 0.2) is 18.3 Å². The number of hydrogen-bond acceptors (Lipinski definition) is 4. The average molecular weight is 243 g/mol. The quantitative estimate of drug-likeness (QED) is 0.874. The fourth-order valence-corrected chi connectivity index (χ4v) is 2.14. The van der Waals surface area contributed by atoms with Gasteiger partial charge in [0, 0.05) is 19.7 Å². The molecular weight excluding hydrogens is 228 g/mol. The third-order valence-corrected chi connectivity index (χ3v) is 2.82. The number of nitrogens with two attached hydrogens (primary N) is 1. The lowest BCUT2D eigenvalue weighted by atomic mass is 10.2. The molecule has 1 aromatic heterocycles. The molecule has 1 aromatic rings. The Balaban J connectivity index is 2.27. The second kappa shape index (κ2) is 4.44. The molecule has 94 valence electrons. The third-order valence-electron chi connectivity index (χ3n) is 2.82. The lowest BCUT2D eigenvalue weighted by Crippen LogP contribution is -2.34. The molecule has 0 aliphatic carbocycles. The maximum atomic E-state index is 13.4. The normalized spacial score (nSPS) is 23.0. The van der Waals surface area contributed by atoms with Crippen molar-refractivity contribution < 1.29 is 13.5 Å². The number of hydrogen-bond donors (Lipinski definition) is 1. The highest BCUT2D eigenvalue weighted by molar-refractivity contribution is 5.63. The summed E-state index contributed by atoms with van der Waals surface area (Å²) in [6, 6.07) is 2.95. The minimum absolute atomic E-state index is 0.225. The van der Waals surface area contributed by atoms with Gasteiger partial charge in [0.15, 0.2) is 5.82 Å². The largest absolute Gasteiger partial charge is 0.396 e. The summed E-state index contributed by atoms with van der Waals surface area (Å²) in [5.41, 5.74) is 6.17. The smallest absolute Gasteiger partial charge is 0.267 e. The van der Waals surface area contributed by atoms with Crippen LogP contribution in [0.25, 0.3) is 0 Å². The van der Waals surface area contributed by atoms with Crippen molar-refractivity contribution in [1.29, 1.82) is 0 Å². The summed E-state index contributed by atoms with van der Waals surface area (Å²) in [5, 5.41) is 0. The van der Waals surface area contributed by atoms with Crippen molar-refractivity contribution in [2.45, 2.75) is 18.4 Å². The van der Waals surface area contributed by atoms with E-state index in [4.69, 9.17) is 10.5 Å². The van der Waals surface area contributed by atoms with Gasteiger partial charge in [0.25, 0.3) is 5.92 Å². The summed E-state index contributed by atoms with van der Waals surface area (Å²) < 4.78 is 31.8. The molecule has 1 fully saturated rings. The summed E-state index contributed by atoms with van der Waals surface area (Å²) in [7, 11) is 1.50. The molecule has 0 amide bonds. The number of alkyl halides is 2. The van der Waals surface area contributed by atoms with Crippen molar-refractivity contribution in [2.24, 2.45) is 0 Å². The summed E-state index contributed by atoms with van der Waals surface area (Å²) in [6.45, 7) is -0.117. The van der Waals surface area contributed by atoms with Crippen molar-refractivity contribution in [2.75, 3.05) is 30.9 Å². The molecule has 2 N–H and O–H groups in total. The van der Waals surface area contributed by atoms with Crippen LogP contribution in [0, 0.1) is 0 Å². The van der Waals surface area contributed by atoms with Gasteiger partial charge in [-0.25, -0.2) is 13.8 Å². The number of rotatable bonds is 3. The Bertz CT molecular complexity index is 400. The van der Waals surface area contributed by atoms with E-state index in [1.807, 2.05) is 0 Å². The second-order valence-corrected chi connectivity index (χ2v) is 4.21. The van der Waals surface area contributed by atoms with Gasteiger partial charge < -0.3 is 15.4 Å². The number of anilines is 2. The maximum absolute atomic E-state index is 13.4. The van der Waals surface area contributed by atoms with Crippen LogP contribution >= 0.6 is 0 Å². The standard InChI is InChI=1S/C11H15F2N3O/c1-17-6-8-5-11(12,13)7-16(8)10-9(14)3-2-4-15-10/h2-4,8H,5-7,14H2,1H3/t8-/m0/s1. The Kier molecular flexibility index (Phi) is 3.15. The second-order valence-electron chi connectivity index (χ2n) is 4.21. The molecule has 1 saturated heterocycles. The summed E-state index contributed by atoms with van der Waals surface area (Å²) in [4.78, 5) is 5.60. The van der Waals surface area contributed by atoms with Gasteiger partial charge >= 0.3 is 0 Å². The molecule has 0 aromatic carbocycles. The van der Waals surface area contributed by atoms with E-state index in [1.54, 1.807) is 18.3 Å². The van der Waals surface area contributed by atoms with E-state index >= 15 is 0 Å². The van der Waals surface area contributed by atoms with Crippen LogP contribution in [-0.2, 0) is 4.74 Å². The lowest BCUT2D eigenvalue weighted by Gasteiger charge is -2.25. The molecule has 17 heavy (non-hydrogen) atoms. The fraction of sp³-hybridized carbons (Fsp3) is 0.545. The molecule has 2 rings (SSSR count). The summed E-state index contributed by atoms with van der Waals surface area (Å²) in [6.07, 6.45) is 1.32. The zero-order valence-electron chi connectivity index (χ0n) is 9.57. The first-order chi connectivity index (χ1) is 8.03. The van der Waals surface area contributed by atoms with E-state index in [0.29, 0.717) is 11.5 Å². The van der Waals surface area contributed by atoms with Crippen LogP contribution in [0.5, 0.6) is 0 Å². The SMILES string of the molecule is COC[C@@H]1CC(F)(F)CN1c1ncccc1N. The Labute approximate surface area is 98.4 Å². The van der Waals surface area contributed by atoms with Crippen LogP contribution in [-0.4, -0.2) is 37.2 Å². The minimum Gasteiger partial charge on any atom is -0.396 e. The highest BCUT2D eigenvalue weighted by Gasteiger charge is 2.45. The molecule has 6 heteroatoms. The minimum atomic E-state index is -2.72. The van der Waals surface area contributed by atoms with E-state index in [0.717, 1.165) is 0 Å². The highest BCUT2D eigenvalue weighted by Crippen LogP contribution is 2.36. The zero-order valence-corrected chi connectivity index (χ0v) is 9.57. The van der Waals surface area contributed by atoms with E-state index < -0.39 is 5.92 Å². The van der Waals surface area contributed by atoms with Crippen molar-refractivity contribution in [3.63, 3.8) is 0 Å². The molecule has 0 bridgehead atoms. The number of halogens is 2. The van der Waals surface area contributed by atoms with E-state index in [9.17, 15) is 8.78 Å². The monoisotopic (exact) mass is 243 g/mol. The number of ether oxygens (including phenoxy) is 1. The molecule has 2 heterocycles. The topological polar surface area (TPSA) is 51.4 Å². The predicted octanol–water partition coefficient (Wildman–Crippen LogP) is 1.52. The van der Waals surface area contributed by atoms with Crippen molar-refractivity contribution in [3.8, 4) is 0 Å². The number of methoxy groups -OCH3 is 1. The van der Waals surface area contributed by atoms with Crippen molar-refractivity contribution in [1.82, 2.24) is 4.98 Å². The fourth-order valence-electron chi connectivity index (χ4n) is 2.14. The van der Waals surface area contributed by atoms with Crippen LogP contribution in [0.4, 0.5) is 20.3 Å². The number of aromatic nitrogens is 1. The van der Waals surface area contributed by atoms with Gasteiger partial charge in [0.1, 0.15) is 0 Å². The Hall–Kier alpha value is -1.43. The predicted molar refractivity (Wildman–Crippen MR) is 61.2 cm³/mol. The van der Waals surface area contributed by atoms with Crippen LogP contribution in [0.3, 0.4) is 0 Å². The van der Waals surface area contributed by atoms with Gasteiger partial charge in [0.05, 0.1) is 24.9 Å². The van der Waals surface area contributed by atoms with E-state index in [2.05, 4.69) is 4.98 Å². The van der Waals surface area contributed by atoms with Crippen LogP contribution in [0.2, 0.25) is 0 Å². The molecule has 0 unspecified atom stereocenters. The van der Waals surface area contributed by atoms with Crippen molar-refractivity contribution >= 4 is 11.5 Å². The Morgan fingerprint density at radius 1 is 1.65 bits per heavy atom. The summed E-state index contributed by atoms with van der Waals surface area (Å²) >= 11 is 0. The average Bonchev–Trinajstić information content (AvgIpc) is 2.55.